The van der Waals surface area contributed by atoms with Crippen LogP contribution in [0.1, 0.15) is 39.1 Å². The number of ether oxygens (including phenoxy) is 1. The van der Waals surface area contributed by atoms with E-state index < -0.39 is 17.8 Å². The minimum Gasteiger partial charge on any atom is -0.458 e. The number of aliphatic hydroxyl groups excluding tert-OH is 1. The molecule has 0 fully saturated rings. The fourth-order valence-corrected chi connectivity index (χ4v) is 2.33. The average molecular weight is 352 g/mol. The van der Waals surface area contributed by atoms with Crippen molar-refractivity contribution in [2.75, 3.05) is 6.54 Å². The van der Waals surface area contributed by atoms with E-state index in [1.54, 1.807) is 39.0 Å². The number of halogens is 1. The number of furan rings is 1. The second-order valence-electron chi connectivity index (χ2n) is 6.42. The van der Waals surface area contributed by atoms with Crippen LogP contribution in [-0.2, 0) is 4.74 Å². The Balaban J connectivity index is 1.89. The van der Waals surface area contributed by atoms with Crippen molar-refractivity contribution in [3.63, 3.8) is 0 Å². The van der Waals surface area contributed by atoms with E-state index in [4.69, 9.17) is 20.8 Å². The molecule has 1 aromatic heterocycles. The normalized spacial score (nSPS) is 12.7. The minimum atomic E-state index is -0.823. The fraction of sp³-hybridized carbons (Fsp3) is 0.389. The van der Waals surface area contributed by atoms with Gasteiger partial charge in [-0.25, -0.2) is 4.79 Å². The molecular formula is C18H22ClNO4. The molecule has 6 heteroatoms. The van der Waals surface area contributed by atoms with Crippen LogP contribution in [0.5, 0.6) is 0 Å². The largest absolute Gasteiger partial charge is 0.458 e. The van der Waals surface area contributed by atoms with Crippen molar-refractivity contribution in [1.29, 1.82) is 0 Å². The summed E-state index contributed by atoms with van der Waals surface area (Å²) in [6.07, 6.45) is -1.02. The van der Waals surface area contributed by atoms with E-state index in [1.807, 2.05) is 18.2 Å². The molecule has 2 N–H and O–H groups in total. The lowest BCUT2D eigenvalue weighted by Gasteiger charge is -2.19. The minimum absolute atomic E-state index is 0.276. The highest BCUT2D eigenvalue weighted by molar-refractivity contribution is 6.33. The zero-order valence-corrected chi connectivity index (χ0v) is 14.8. The molecule has 0 spiro atoms. The molecule has 0 unspecified atom stereocenters. The lowest BCUT2D eigenvalue weighted by Crippen LogP contribution is -2.33. The number of benzene rings is 1. The number of amides is 1. The molecule has 130 valence electrons. The van der Waals surface area contributed by atoms with E-state index in [1.165, 1.54) is 0 Å². The Kier molecular flexibility index (Phi) is 5.91. The van der Waals surface area contributed by atoms with E-state index in [0.717, 1.165) is 5.56 Å². The number of nitrogens with one attached hydrogen (secondary N) is 1. The first kappa shape index (κ1) is 18.4. The van der Waals surface area contributed by atoms with Gasteiger partial charge in [-0.05, 0) is 51.5 Å². The first-order valence-corrected chi connectivity index (χ1v) is 8.13. The van der Waals surface area contributed by atoms with Crippen molar-refractivity contribution >= 4 is 17.7 Å². The standard InChI is InChI=1S/C18H22ClNO4/c1-18(2,3)24-17(22)20-11-10-14(21)16-9-8-15(23-16)12-6-4-5-7-13(12)19/h4-9,14,21H,10-11H2,1-3H3,(H,20,22)/t14-/m0/s1. The van der Waals surface area contributed by atoms with Gasteiger partial charge in [0.25, 0.3) is 0 Å². The summed E-state index contributed by atoms with van der Waals surface area (Å²) in [6.45, 7) is 5.65. The van der Waals surface area contributed by atoms with Crippen molar-refractivity contribution in [1.82, 2.24) is 5.32 Å². The second-order valence-corrected chi connectivity index (χ2v) is 6.82. The molecule has 1 heterocycles. The van der Waals surface area contributed by atoms with Gasteiger partial charge in [-0.1, -0.05) is 23.7 Å². The van der Waals surface area contributed by atoms with Gasteiger partial charge < -0.3 is 19.6 Å². The van der Waals surface area contributed by atoms with Crippen molar-refractivity contribution in [2.45, 2.75) is 38.9 Å². The van der Waals surface area contributed by atoms with Crippen LogP contribution in [0, 0.1) is 0 Å². The summed E-state index contributed by atoms with van der Waals surface area (Å²) < 4.78 is 10.8. The summed E-state index contributed by atoms with van der Waals surface area (Å²) in [7, 11) is 0. The van der Waals surface area contributed by atoms with Gasteiger partial charge in [0.2, 0.25) is 0 Å². The molecule has 0 saturated heterocycles. The molecule has 2 rings (SSSR count). The third-order valence-electron chi connectivity index (χ3n) is 3.18. The summed E-state index contributed by atoms with van der Waals surface area (Å²) in [5.41, 5.74) is 0.220. The Bertz CT molecular complexity index is 690. The van der Waals surface area contributed by atoms with Gasteiger partial charge in [0.1, 0.15) is 23.2 Å². The van der Waals surface area contributed by atoms with E-state index in [2.05, 4.69) is 5.32 Å². The molecule has 1 amide bonds. The molecule has 0 bridgehead atoms. The molecular weight excluding hydrogens is 330 g/mol. The fourth-order valence-electron chi connectivity index (χ4n) is 2.11. The maximum Gasteiger partial charge on any atom is 0.407 e. The SMILES string of the molecule is CC(C)(C)OC(=O)NCC[C@H](O)c1ccc(-c2ccccc2Cl)o1. The molecule has 0 radical (unpaired) electrons. The first-order valence-electron chi connectivity index (χ1n) is 7.76. The Morgan fingerprint density at radius 1 is 1.29 bits per heavy atom. The second kappa shape index (κ2) is 7.73. The molecule has 2 aromatic rings. The molecule has 0 aliphatic carbocycles. The molecule has 1 aromatic carbocycles. The highest BCUT2D eigenvalue weighted by atomic mass is 35.5. The van der Waals surface area contributed by atoms with Gasteiger partial charge in [0, 0.05) is 12.1 Å². The van der Waals surface area contributed by atoms with E-state index in [0.29, 0.717) is 23.0 Å². The lowest BCUT2D eigenvalue weighted by atomic mass is 10.2. The number of aliphatic hydroxyl groups is 1. The Hall–Kier alpha value is -1.98. The summed E-state index contributed by atoms with van der Waals surface area (Å²) in [5.74, 6) is 1.02. The van der Waals surface area contributed by atoms with Gasteiger partial charge in [0.15, 0.2) is 0 Å². The highest BCUT2D eigenvalue weighted by Crippen LogP contribution is 2.31. The maximum atomic E-state index is 11.6. The zero-order valence-electron chi connectivity index (χ0n) is 14.0. The van der Waals surface area contributed by atoms with Gasteiger partial charge in [0.05, 0.1) is 5.02 Å². The predicted molar refractivity (Wildman–Crippen MR) is 93.0 cm³/mol. The van der Waals surface area contributed by atoms with Crippen LogP contribution >= 0.6 is 11.6 Å². The van der Waals surface area contributed by atoms with E-state index in [-0.39, 0.29) is 6.54 Å². The van der Waals surface area contributed by atoms with Crippen LogP contribution in [0.3, 0.4) is 0 Å². The van der Waals surface area contributed by atoms with E-state index >= 15 is 0 Å². The summed E-state index contributed by atoms with van der Waals surface area (Å²) in [4.78, 5) is 11.6. The van der Waals surface area contributed by atoms with Crippen molar-refractivity contribution in [3.8, 4) is 11.3 Å². The Morgan fingerprint density at radius 3 is 2.67 bits per heavy atom. The molecule has 1 atom stereocenters. The van der Waals surface area contributed by atoms with E-state index in [9.17, 15) is 9.90 Å². The molecule has 5 nitrogen and oxygen atoms in total. The van der Waals surface area contributed by atoms with Gasteiger partial charge in [-0.2, -0.15) is 0 Å². The van der Waals surface area contributed by atoms with Gasteiger partial charge in [-0.15, -0.1) is 0 Å². The maximum absolute atomic E-state index is 11.6. The number of hydrogen-bond donors (Lipinski definition) is 2. The number of rotatable bonds is 5. The van der Waals surface area contributed by atoms with Gasteiger partial charge in [-0.3, -0.25) is 0 Å². The number of carbonyl (C=O) groups excluding carboxylic acids is 1. The van der Waals surface area contributed by atoms with Crippen molar-refractivity contribution < 1.29 is 19.1 Å². The predicted octanol–water partition coefficient (Wildman–Crippen LogP) is 4.55. The van der Waals surface area contributed by atoms with Crippen LogP contribution in [0.4, 0.5) is 4.79 Å². The molecule has 0 saturated carbocycles. The highest BCUT2D eigenvalue weighted by Gasteiger charge is 2.17. The molecule has 0 aliphatic rings. The smallest absolute Gasteiger partial charge is 0.407 e. The van der Waals surface area contributed by atoms with Crippen LogP contribution < -0.4 is 5.32 Å². The monoisotopic (exact) mass is 351 g/mol. The van der Waals surface area contributed by atoms with Crippen molar-refractivity contribution in [3.05, 3.63) is 47.2 Å². The van der Waals surface area contributed by atoms with Crippen molar-refractivity contribution in [2.24, 2.45) is 0 Å². The number of carbonyl (C=O) groups is 1. The third kappa shape index (κ3) is 5.28. The summed E-state index contributed by atoms with van der Waals surface area (Å²) >= 11 is 6.13. The number of hydrogen-bond acceptors (Lipinski definition) is 4. The van der Waals surface area contributed by atoms with Crippen LogP contribution in [-0.4, -0.2) is 23.3 Å². The van der Waals surface area contributed by atoms with Crippen LogP contribution in [0.25, 0.3) is 11.3 Å². The first-order chi connectivity index (χ1) is 11.3. The van der Waals surface area contributed by atoms with Gasteiger partial charge >= 0.3 is 6.09 Å². The lowest BCUT2D eigenvalue weighted by molar-refractivity contribution is 0.0515. The summed E-state index contributed by atoms with van der Waals surface area (Å²) in [5, 5.41) is 13.4. The zero-order chi connectivity index (χ0) is 17.7. The molecule has 0 aliphatic heterocycles. The number of alkyl carbamates (subject to hydrolysis) is 1. The quantitative estimate of drug-likeness (QED) is 0.829. The Labute approximate surface area is 146 Å². The third-order valence-corrected chi connectivity index (χ3v) is 3.51. The molecule has 24 heavy (non-hydrogen) atoms. The Morgan fingerprint density at radius 2 is 2.00 bits per heavy atom. The van der Waals surface area contributed by atoms with Crippen LogP contribution in [0.2, 0.25) is 5.02 Å². The topological polar surface area (TPSA) is 71.7 Å². The van der Waals surface area contributed by atoms with Crippen LogP contribution in [0.15, 0.2) is 40.8 Å². The average Bonchev–Trinajstić information content (AvgIpc) is 2.95. The summed E-state index contributed by atoms with van der Waals surface area (Å²) in [6, 6.07) is 10.8.